The first-order chi connectivity index (χ1) is 11.9. The molecule has 0 saturated carbocycles. The third-order valence-electron chi connectivity index (χ3n) is 4.00. The van der Waals surface area contributed by atoms with E-state index in [9.17, 15) is 18.3 Å². The lowest BCUT2D eigenvalue weighted by atomic mass is 9.96. The molecule has 0 bridgehead atoms. The van der Waals surface area contributed by atoms with Crippen LogP contribution in [0.5, 0.6) is 0 Å². The topological polar surface area (TPSA) is 122 Å². The van der Waals surface area contributed by atoms with E-state index in [4.69, 9.17) is 5.14 Å². The molecule has 0 saturated heterocycles. The molecule has 1 aliphatic rings. The molecule has 1 atom stereocenters. The third kappa shape index (κ3) is 3.60. The minimum absolute atomic E-state index is 0.0388. The summed E-state index contributed by atoms with van der Waals surface area (Å²) in [5.41, 5.74) is 2.90. The Hall–Kier alpha value is -2.55. The van der Waals surface area contributed by atoms with E-state index < -0.39 is 15.9 Å². The molecule has 3 rings (SSSR count). The lowest BCUT2D eigenvalue weighted by Crippen LogP contribution is -2.14. The van der Waals surface area contributed by atoms with Crippen LogP contribution in [-0.2, 0) is 28.0 Å². The van der Waals surface area contributed by atoms with Gasteiger partial charge in [-0.05, 0) is 34.9 Å². The molecule has 1 heterocycles. The number of carbonyl (C=O) groups is 1. The van der Waals surface area contributed by atoms with Gasteiger partial charge in [-0.2, -0.15) is 0 Å². The maximum Gasteiger partial charge on any atom is 0.238 e. The third-order valence-corrected chi connectivity index (χ3v) is 4.93. The largest absolute Gasteiger partial charge is 0.392 e. The predicted molar refractivity (Wildman–Crippen MR) is 93.7 cm³/mol. The molecule has 0 radical (unpaired) electrons. The van der Waals surface area contributed by atoms with Crippen molar-refractivity contribution < 1.29 is 18.3 Å². The SMILES string of the molecule is NS(=O)(=O)c1ccc(CN=CC2C(=O)Nc3cccc(CO)c32)cc1. The Balaban J connectivity index is 1.77. The fraction of sp³-hybridized carbons (Fsp3) is 0.176. The minimum atomic E-state index is -3.72. The lowest BCUT2D eigenvalue weighted by molar-refractivity contribution is -0.115. The van der Waals surface area contributed by atoms with Crippen LogP contribution in [0.2, 0.25) is 0 Å². The summed E-state index contributed by atoms with van der Waals surface area (Å²) in [5, 5.41) is 17.3. The summed E-state index contributed by atoms with van der Waals surface area (Å²) in [7, 11) is -3.72. The van der Waals surface area contributed by atoms with E-state index in [1.54, 1.807) is 36.5 Å². The molecular weight excluding hydrogens is 342 g/mol. The number of anilines is 1. The Kier molecular flexibility index (Phi) is 4.67. The summed E-state index contributed by atoms with van der Waals surface area (Å²) in [5.74, 6) is -0.744. The highest BCUT2D eigenvalue weighted by molar-refractivity contribution is 7.89. The number of nitrogens with two attached hydrogens (primary N) is 1. The number of sulfonamides is 1. The molecule has 2 aromatic rings. The van der Waals surface area contributed by atoms with Crippen molar-refractivity contribution in [3.63, 3.8) is 0 Å². The van der Waals surface area contributed by atoms with E-state index in [1.165, 1.54) is 12.1 Å². The molecule has 7 nitrogen and oxygen atoms in total. The molecule has 4 N–H and O–H groups in total. The second kappa shape index (κ2) is 6.75. The normalized spacial score (nSPS) is 16.9. The predicted octanol–water partition coefficient (Wildman–Crippen LogP) is 1.13. The zero-order valence-corrected chi connectivity index (χ0v) is 14.0. The molecule has 1 aliphatic heterocycles. The summed E-state index contributed by atoms with van der Waals surface area (Å²) in [6.07, 6.45) is 1.55. The van der Waals surface area contributed by atoms with E-state index in [2.05, 4.69) is 10.3 Å². The molecule has 0 fully saturated rings. The highest BCUT2D eigenvalue weighted by Crippen LogP contribution is 2.34. The summed E-state index contributed by atoms with van der Waals surface area (Å²) >= 11 is 0. The summed E-state index contributed by atoms with van der Waals surface area (Å²) in [4.78, 5) is 16.5. The Labute approximate surface area is 145 Å². The summed E-state index contributed by atoms with van der Waals surface area (Å²) in [6, 6.07) is 11.4. The van der Waals surface area contributed by atoms with Crippen LogP contribution in [0.15, 0.2) is 52.4 Å². The number of aliphatic imine (C=N–C) groups is 1. The second-order valence-electron chi connectivity index (χ2n) is 5.68. The Morgan fingerprint density at radius 2 is 1.92 bits per heavy atom. The van der Waals surface area contributed by atoms with Gasteiger partial charge in [-0.3, -0.25) is 9.79 Å². The first-order valence-electron chi connectivity index (χ1n) is 7.55. The first-order valence-corrected chi connectivity index (χ1v) is 9.10. The molecule has 0 aliphatic carbocycles. The van der Waals surface area contributed by atoms with E-state index in [0.717, 1.165) is 11.1 Å². The van der Waals surface area contributed by atoms with Crippen LogP contribution < -0.4 is 10.5 Å². The average molecular weight is 359 g/mol. The number of aliphatic hydroxyl groups is 1. The fourth-order valence-electron chi connectivity index (χ4n) is 2.76. The number of primary sulfonamides is 1. The highest BCUT2D eigenvalue weighted by atomic mass is 32.2. The van der Waals surface area contributed by atoms with E-state index >= 15 is 0 Å². The average Bonchev–Trinajstić information content (AvgIpc) is 2.90. The lowest BCUT2D eigenvalue weighted by Gasteiger charge is -2.07. The monoisotopic (exact) mass is 359 g/mol. The van der Waals surface area contributed by atoms with E-state index in [1.807, 2.05) is 0 Å². The fourth-order valence-corrected chi connectivity index (χ4v) is 3.27. The zero-order chi connectivity index (χ0) is 18.0. The number of aliphatic hydroxyl groups excluding tert-OH is 1. The van der Waals surface area contributed by atoms with Gasteiger partial charge in [0.05, 0.1) is 18.0 Å². The van der Waals surface area contributed by atoms with Gasteiger partial charge in [-0.1, -0.05) is 24.3 Å². The molecular formula is C17H17N3O4S. The van der Waals surface area contributed by atoms with Crippen molar-refractivity contribution in [2.24, 2.45) is 10.1 Å². The van der Waals surface area contributed by atoms with Gasteiger partial charge in [0.2, 0.25) is 15.9 Å². The van der Waals surface area contributed by atoms with Crippen molar-refractivity contribution in [3.05, 3.63) is 59.2 Å². The van der Waals surface area contributed by atoms with Gasteiger partial charge >= 0.3 is 0 Å². The number of rotatable bonds is 5. The molecule has 0 spiro atoms. The number of hydrogen-bond acceptors (Lipinski definition) is 5. The van der Waals surface area contributed by atoms with Crippen LogP contribution in [0.4, 0.5) is 5.69 Å². The van der Waals surface area contributed by atoms with E-state index in [-0.39, 0.29) is 17.4 Å². The van der Waals surface area contributed by atoms with Crippen molar-refractivity contribution in [1.29, 1.82) is 0 Å². The van der Waals surface area contributed by atoms with Crippen LogP contribution in [0.3, 0.4) is 0 Å². The Bertz CT molecular complexity index is 937. The molecule has 8 heteroatoms. The number of amides is 1. The number of nitrogens with one attached hydrogen (secondary N) is 1. The molecule has 1 unspecified atom stereocenters. The minimum Gasteiger partial charge on any atom is -0.392 e. The molecule has 25 heavy (non-hydrogen) atoms. The maximum atomic E-state index is 12.1. The number of hydrogen-bond donors (Lipinski definition) is 3. The van der Waals surface area contributed by atoms with Gasteiger partial charge in [0, 0.05) is 11.9 Å². The molecule has 2 aromatic carbocycles. The van der Waals surface area contributed by atoms with Gasteiger partial charge in [0.1, 0.15) is 5.92 Å². The Morgan fingerprint density at radius 1 is 1.20 bits per heavy atom. The summed E-state index contributed by atoms with van der Waals surface area (Å²) < 4.78 is 22.5. The smallest absolute Gasteiger partial charge is 0.238 e. The number of carbonyl (C=O) groups excluding carboxylic acids is 1. The quantitative estimate of drug-likeness (QED) is 0.693. The van der Waals surface area contributed by atoms with Gasteiger partial charge in [0.15, 0.2) is 0 Å². The highest BCUT2D eigenvalue weighted by Gasteiger charge is 2.31. The van der Waals surface area contributed by atoms with Crippen molar-refractivity contribution in [1.82, 2.24) is 0 Å². The maximum absolute atomic E-state index is 12.1. The van der Waals surface area contributed by atoms with E-state index in [0.29, 0.717) is 17.8 Å². The van der Waals surface area contributed by atoms with Crippen molar-refractivity contribution in [2.75, 3.05) is 5.32 Å². The van der Waals surface area contributed by atoms with Crippen LogP contribution in [-0.4, -0.2) is 25.6 Å². The molecule has 0 aromatic heterocycles. The van der Waals surface area contributed by atoms with Crippen LogP contribution in [0, 0.1) is 0 Å². The standard InChI is InChI=1S/C17H17N3O4S/c18-25(23,24)13-6-4-11(5-7-13)8-19-9-14-16-12(10-21)2-1-3-15(16)20-17(14)22/h1-7,9,14,21H,8,10H2,(H,20,22)(H2,18,23,24). The van der Waals surface area contributed by atoms with Gasteiger partial charge in [-0.25, -0.2) is 13.6 Å². The second-order valence-corrected chi connectivity index (χ2v) is 7.24. The zero-order valence-electron chi connectivity index (χ0n) is 13.2. The van der Waals surface area contributed by atoms with Crippen molar-refractivity contribution in [2.45, 2.75) is 24.0 Å². The Morgan fingerprint density at radius 3 is 2.56 bits per heavy atom. The van der Waals surface area contributed by atoms with Crippen molar-refractivity contribution >= 4 is 27.8 Å². The van der Waals surface area contributed by atoms with Gasteiger partial charge < -0.3 is 10.4 Å². The molecule has 130 valence electrons. The first kappa shape index (κ1) is 17.3. The van der Waals surface area contributed by atoms with Crippen LogP contribution >= 0.6 is 0 Å². The number of benzene rings is 2. The summed E-state index contributed by atoms with van der Waals surface area (Å²) in [6.45, 7) is 0.142. The van der Waals surface area contributed by atoms with Gasteiger partial charge in [-0.15, -0.1) is 0 Å². The van der Waals surface area contributed by atoms with Crippen molar-refractivity contribution in [3.8, 4) is 0 Å². The molecule has 1 amide bonds. The number of nitrogens with zero attached hydrogens (tertiary/aromatic N) is 1. The number of fused-ring (bicyclic) bond motifs is 1. The van der Waals surface area contributed by atoms with Gasteiger partial charge in [0.25, 0.3) is 0 Å². The van der Waals surface area contributed by atoms with Crippen LogP contribution in [0.1, 0.15) is 22.6 Å². The van der Waals surface area contributed by atoms with Crippen LogP contribution in [0.25, 0.3) is 0 Å².